The zero-order chi connectivity index (χ0) is 17.7. The van der Waals surface area contributed by atoms with E-state index in [9.17, 15) is 4.79 Å². The third kappa shape index (κ3) is 2.58. The molecule has 1 N–H and O–H groups in total. The van der Waals surface area contributed by atoms with Crippen LogP contribution in [0.3, 0.4) is 0 Å². The molecular weight excluding hydrogens is 370 g/mol. The molecule has 1 amide bonds. The summed E-state index contributed by atoms with van der Waals surface area (Å²) in [6, 6.07) is 11.3. The number of nitrogens with zero attached hydrogens (tertiary/aromatic N) is 2. The van der Waals surface area contributed by atoms with E-state index in [0.717, 1.165) is 25.4 Å². The van der Waals surface area contributed by atoms with Gasteiger partial charge in [-0.2, -0.15) is 0 Å². The molecule has 0 saturated heterocycles. The van der Waals surface area contributed by atoms with Gasteiger partial charge in [-0.1, -0.05) is 23.5 Å². The summed E-state index contributed by atoms with van der Waals surface area (Å²) in [5.74, 6) is 0.949. The minimum atomic E-state index is -0.710. The standard InChI is InChI=1S/C18H13N3O3S2/c1-9-19-15-14(25-9)7-6-10-16(15)26-18(20-10)21-17(22)13-8-23-11-4-2-3-5-12(11)24-13/h2-7,13H,8H2,1H3,(H,20,21,22). The predicted molar refractivity (Wildman–Crippen MR) is 103 cm³/mol. The quantitative estimate of drug-likeness (QED) is 0.566. The molecule has 1 unspecified atom stereocenters. The zero-order valence-corrected chi connectivity index (χ0v) is 15.3. The highest BCUT2D eigenvalue weighted by Crippen LogP contribution is 2.35. The lowest BCUT2D eigenvalue weighted by molar-refractivity contribution is -0.125. The molecule has 1 aliphatic rings. The molecule has 2 aromatic heterocycles. The van der Waals surface area contributed by atoms with E-state index in [1.165, 1.54) is 11.3 Å². The fraction of sp³-hybridized carbons (Fsp3) is 0.167. The lowest BCUT2D eigenvalue weighted by Crippen LogP contribution is -2.40. The number of rotatable bonds is 2. The summed E-state index contributed by atoms with van der Waals surface area (Å²) in [5, 5.41) is 4.39. The van der Waals surface area contributed by atoms with Gasteiger partial charge in [-0.3, -0.25) is 10.1 Å². The topological polar surface area (TPSA) is 73.3 Å². The summed E-state index contributed by atoms with van der Waals surface area (Å²) >= 11 is 3.07. The Kier molecular flexibility index (Phi) is 3.54. The normalized spacial score (nSPS) is 16.1. The summed E-state index contributed by atoms with van der Waals surface area (Å²) in [6.07, 6.45) is -0.710. The van der Waals surface area contributed by atoms with Gasteiger partial charge in [0.1, 0.15) is 12.1 Å². The van der Waals surface area contributed by atoms with Crippen molar-refractivity contribution >= 4 is 54.1 Å². The van der Waals surface area contributed by atoms with Gasteiger partial charge in [0, 0.05) is 0 Å². The van der Waals surface area contributed by atoms with Crippen LogP contribution in [0, 0.1) is 6.92 Å². The molecule has 0 fully saturated rings. The number of fused-ring (bicyclic) bond motifs is 4. The molecule has 0 spiro atoms. The van der Waals surface area contributed by atoms with E-state index < -0.39 is 6.10 Å². The largest absolute Gasteiger partial charge is 0.485 e. The number of carbonyl (C=O) groups is 1. The molecular formula is C18H13N3O3S2. The van der Waals surface area contributed by atoms with E-state index in [1.54, 1.807) is 17.4 Å². The highest BCUT2D eigenvalue weighted by atomic mass is 32.1. The first-order chi connectivity index (χ1) is 12.7. The van der Waals surface area contributed by atoms with Crippen molar-refractivity contribution in [2.75, 3.05) is 11.9 Å². The van der Waals surface area contributed by atoms with Crippen molar-refractivity contribution in [2.24, 2.45) is 0 Å². The fourth-order valence-corrected chi connectivity index (χ4v) is 4.74. The van der Waals surface area contributed by atoms with Gasteiger partial charge in [0.15, 0.2) is 16.6 Å². The van der Waals surface area contributed by atoms with Crippen LogP contribution < -0.4 is 14.8 Å². The second-order valence-electron chi connectivity index (χ2n) is 5.87. The molecule has 0 aliphatic carbocycles. The summed E-state index contributed by atoms with van der Waals surface area (Å²) < 4.78 is 13.4. The molecule has 4 aromatic rings. The lowest BCUT2D eigenvalue weighted by Gasteiger charge is -2.25. The average molecular weight is 383 g/mol. The maximum Gasteiger partial charge on any atom is 0.270 e. The molecule has 0 bridgehead atoms. The van der Waals surface area contributed by atoms with Crippen molar-refractivity contribution in [1.82, 2.24) is 9.97 Å². The van der Waals surface area contributed by atoms with Gasteiger partial charge in [-0.25, -0.2) is 9.97 Å². The van der Waals surface area contributed by atoms with E-state index in [-0.39, 0.29) is 12.5 Å². The summed E-state index contributed by atoms with van der Waals surface area (Å²) in [5.41, 5.74) is 1.77. The van der Waals surface area contributed by atoms with Crippen LogP contribution in [-0.4, -0.2) is 28.6 Å². The number of anilines is 1. The molecule has 1 atom stereocenters. The maximum absolute atomic E-state index is 12.6. The Morgan fingerprint density at radius 3 is 2.88 bits per heavy atom. The fourth-order valence-electron chi connectivity index (χ4n) is 2.88. The number of aryl methyl sites for hydroxylation is 1. The van der Waals surface area contributed by atoms with Gasteiger partial charge in [0.25, 0.3) is 5.91 Å². The Morgan fingerprint density at radius 1 is 1.15 bits per heavy atom. The number of hydrogen-bond acceptors (Lipinski definition) is 7. The summed E-state index contributed by atoms with van der Waals surface area (Å²) in [7, 11) is 0. The Balaban J connectivity index is 1.41. The third-order valence-corrected chi connectivity index (χ3v) is 5.98. The first-order valence-electron chi connectivity index (χ1n) is 8.03. The molecule has 8 heteroatoms. The molecule has 1 aliphatic heterocycles. The van der Waals surface area contributed by atoms with E-state index >= 15 is 0 Å². The van der Waals surface area contributed by atoms with Gasteiger partial charge in [0.05, 0.1) is 19.9 Å². The third-order valence-electron chi connectivity index (χ3n) is 4.05. The second kappa shape index (κ2) is 5.93. The van der Waals surface area contributed by atoms with Crippen molar-refractivity contribution in [1.29, 1.82) is 0 Å². The van der Waals surface area contributed by atoms with Crippen molar-refractivity contribution in [3.63, 3.8) is 0 Å². The predicted octanol–water partition coefficient (Wildman–Crippen LogP) is 3.99. The van der Waals surface area contributed by atoms with Crippen LogP contribution in [0.4, 0.5) is 5.13 Å². The smallest absolute Gasteiger partial charge is 0.270 e. The number of para-hydroxylation sites is 2. The van der Waals surface area contributed by atoms with Crippen LogP contribution in [0.15, 0.2) is 36.4 Å². The second-order valence-corrected chi connectivity index (χ2v) is 8.10. The van der Waals surface area contributed by atoms with E-state index in [4.69, 9.17) is 9.47 Å². The van der Waals surface area contributed by atoms with Crippen LogP contribution in [0.2, 0.25) is 0 Å². The summed E-state index contributed by atoms with van der Waals surface area (Å²) in [4.78, 5) is 21.6. The van der Waals surface area contributed by atoms with Crippen molar-refractivity contribution in [3.05, 3.63) is 41.4 Å². The molecule has 6 nitrogen and oxygen atoms in total. The number of thiazole rings is 2. The minimum Gasteiger partial charge on any atom is -0.485 e. The minimum absolute atomic E-state index is 0.170. The van der Waals surface area contributed by atoms with Crippen molar-refractivity contribution in [2.45, 2.75) is 13.0 Å². The van der Waals surface area contributed by atoms with Crippen molar-refractivity contribution in [3.8, 4) is 11.5 Å². The number of benzene rings is 2. The summed E-state index contributed by atoms with van der Waals surface area (Å²) in [6.45, 7) is 2.15. The Hall–Kier alpha value is -2.71. The number of ether oxygens (including phenoxy) is 2. The number of carbonyl (C=O) groups excluding carboxylic acids is 1. The van der Waals surface area contributed by atoms with Crippen LogP contribution in [0.25, 0.3) is 20.4 Å². The van der Waals surface area contributed by atoms with E-state index in [1.807, 2.05) is 37.3 Å². The number of amides is 1. The highest BCUT2D eigenvalue weighted by molar-refractivity contribution is 7.24. The van der Waals surface area contributed by atoms with Gasteiger partial charge >= 0.3 is 0 Å². The molecule has 2 aromatic carbocycles. The molecule has 0 saturated carbocycles. The van der Waals surface area contributed by atoms with Crippen LogP contribution in [0.1, 0.15) is 5.01 Å². The van der Waals surface area contributed by atoms with Gasteiger partial charge in [-0.05, 0) is 31.2 Å². The molecule has 130 valence electrons. The van der Waals surface area contributed by atoms with Gasteiger partial charge in [-0.15, -0.1) is 11.3 Å². The lowest BCUT2D eigenvalue weighted by atomic mass is 10.2. The highest BCUT2D eigenvalue weighted by Gasteiger charge is 2.28. The first kappa shape index (κ1) is 15.5. The van der Waals surface area contributed by atoms with Crippen LogP contribution in [0.5, 0.6) is 11.5 Å². The molecule has 0 radical (unpaired) electrons. The van der Waals surface area contributed by atoms with E-state index in [0.29, 0.717) is 16.6 Å². The molecule has 26 heavy (non-hydrogen) atoms. The zero-order valence-electron chi connectivity index (χ0n) is 13.7. The SMILES string of the molecule is Cc1nc2c(ccc3nc(NC(=O)C4COc5ccccc5O4)sc32)s1. The number of hydrogen-bond donors (Lipinski definition) is 1. The van der Waals surface area contributed by atoms with Gasteiger partial charge in [0.2, 0.25) is 6.10 Å². The number of aromatic nitrogens is 2. The molecule has 5 rings (SSSR count). The monoisotopic (exact) mass is 383 g/mol. The Morgan fingerprint density at radius 2 is 2.00 bits per heavy atom. The number of nitrogens with one attached hydrogen (secondary N) is 1. The maximum atomic E-state index is 12.6. The Bertz CT molecular complexity index is 1150. The molecule has 3 heterocycles. The average Bonchev–Trinajstić information content (AvgIpc) is 3.23. The first-order valence-corrected chi connectivity index (χ1v) is 9.67. The van der Waals surface area contributed by atoms with Crippen LogP contribution >= 0.6 is 22.7 Å². The van der Waals surface area contributed by atoms with Gasteiger partial charge < -0.3 is 9.47 Å². The van der Waals surface area contributed by atoms with Crippen LogP contribution in [-0.2, 0) is 4.79 Å². The Labute approximate surface area is 156 Å². The van der Waals surface area contributed by atoms with E-state index in [2.05, 4.69) is 15.3 Å². The van der Waals surface area contributed by atoms with Crippen molar-refractivity contribution < 1.29 is 14.3 Å².